The van der Waals surface area contributed by atoms with Crippen LogP contribution in [0.25, 0.3) is 0 Å². The topological polar surface area (TPSA) is 66.8 Å². The molecule has 0 radical (unpaired) electrons. The summed E-state index contributed by atoms with van der Waals surface area (Å²) < 4.78 is 4.79. The summed E-state index contributed by atoms with van der Waals surface area (Å²) in [5.74, 6) is 0.999. The summed E-state index contributed by atoms with van der Waals surface area (Å²) in [6, 6.07) is 0. The fourth-order valence-electron chi connectivity index (χ4n) is 8.21. The minimum atomic E-state index is -1.31. The molecule has 3 aliphatic carbocycles. The molecule has 29 heavy (non-hydrogen) atoms. The summed E-state index contributed by atoms with van der Waals surface area (Å²) in [5, 5.41) is 20.9. The van der Waals surface area contributed by atoms with E-state index in [1.165, 1.54) is 43.8 Å². The Hall–Kier alpha value is -1.13. The van der Waals surface area contributed by atoms with Crippen LogP contribution < -0.4 is 0 Å². The highest BCUT2D eigenvalue weighted by Crippen LogP contribution is 2.69. The van der Waals surface area contributed by atoms with Crippen molar-refractivity contribution in [2.45, 2.75) is 91.5 Å². The molecule has 0 spiro atoms. The first-order valence-corrected chi connectivity index (χ1v) is 11.4. The van der Waals surface area contributed by atoms with Crippen LogP contribution in [-0.2, 0) is 9.53 Å². The quantitative estimate of drug-likeness (QED) is 0.528. The second-order valence-electron chi connectivity index (χ2n) is 11.4. The van der Waals surface area contributed by atoms with Gasteiger partial charge in [0.2, 0.25) is 6.29 Å². The van der Waals surface area contributed by atoms with Crippen LogP contribution >= 0.6 is 0 Å². The number of ether oxygens (including phenoxy) is 1. The van der Waals surface area contributed by atoms with Crippen molar-refractivity contribution in [2.75, 3.05) is 0 Å². The first kappa shape index (κ1) is 21.1. The van der Waals surface area contributed by atoms with E-state index in [1.807, 2.05) is 0 Å². The fraction of sp³-hybridized carbons (Fsp3) is 0.800. The van der Waals surface area contributed by atoms with Crippen molar-refractivity contribution in [3.05, 3.63) is 23.8 Å². The summed E-state index contributed by atoms with van der Waals surface area (Å²) in [6.07, 6.45) is 8.11. The first-order chi connectivity index (χ1) is 13.5. The van der Waals surface area contributed by atoms with E-state index >= 15 is 0 Å². The number of rotatable bonds is 3. The van der Waals surface area contributed by atoms with Gasteiger partial charge in [-0.05, 0) is 78.9 Å². The number of hydrogen-bond donors (Lipinski definition) is 2. The van der Waals surface area contributed by atoms with Crippen molar-refractivity contribution < 1.29 is 19.7 Å². The molecule has 3 fully saturated rings. The minimum absolute atomic E-state index is 0.101. The second-order valence-corrected chi connectivity index (χ2v) is 11.4. The van der Waals surface area contributed by atoms with E-state index in [9.17, 15) is 15.0 Å². The third-order valence-corrected chi connectivity index (χ3v) is 9.52. The Kier molecular flexibility index (Phi) is 5.06. The van der Waals surface area contributed by atoms with Gasteiger partial charge in [-0.2, -0.15) is 0 Å². The molecule has 1 aliphatic heterocycles. The van der Waals surface area contributed by atoms with Gasteiger partial charge in [0.15, 0.2) is 0 Å². The third kappa shape index (κ3) is 3.22. The summed E-state index contributed by atoms with van der Waals surface area (Å²) in [4.78, 5) is 11.5. The van der Waals surface area contributed by atoms with Crippen molar-refractivity contribution >= 4 is 5.97 Å². The summed E-state index contributed by atoms with van der Waals surface area (Å²) in [5.41, 5.74) is 2.36. The van der Waals surface area contributed by atoms with Gasteiger partial charge in [0, 0.05) is 11.6 Å². The molecule has 0 aromatic rings. The smallest absolute Gasteiger partial charge is 0.333 e. The van der Waals surface area contributed by atoms with E-state index < -0.39 is 18.4 Å². The largest absolute Gasteiger partial charge is 0.429 e. The van der Waals surface area contributed by atoms with Crippen LogP contribution in [0.2, 0.25) is 0 Å². The van der Waals surface area contributed by atoms with Crippen molar-refractivity contribution in [1.29, 1.82) is 0 Å². The molecule has 0 amide bonds. The zero-order chi connectivity index (χ0) is 21.2. The molecular formula is C25H38O4. The Balaban J connectivity index is 1.62. The lowest BCUT2D eigenvalue weighted by Crippen LogP contribution is -2.58. The highest BCUT2D eigenvalue weighted by atomic mass is 16.6. The molecule has 2 N–H and O–H groups in total. The second kappa shape index (κ2) is 6.95. The van der Waals surface area contributed by atoms with E-state index in [0.29, 0.717) is 28.7 Å². The molecule has 1 heterocycles. The molecule has 0 bridgehead atoms. The molecule has 4 aliphatic rings. The predicted octanol–water partition coefficient (Wildman–Crippen LogP) is 4.75. The van der Waals surface area contributed by atoms with Gasteiger partial charge in [0.1, 0.15) is 0 Å². The Morgan fingerprint density at radius 2 is 1.86 bits per heavy atom. The van der Waals surface area contributed by atoms with Crippen LogP contribution in [0.15, 0.2) is 23.8 Å². The highest BCUT2D eigenvalue weighted by Gasteiger charge is 2.61. The number of hydrogen-bond acceptors (Lipinski definition) is 4. The maximum Gasteiger partial charge on any atom is 0.333 e. The van der Waals surface area contributed by atoms with E-state index in [4.69, 9.17) is 4.74 Å². The summed E-state index contributed by atoms with van der Waals surface area (Å²) in [7, 11) is 0. The van der Waals surface area contributed by atoms with Crippen LogP contribution in [0.4, 0.5) is 0 Å². The number of carbonyl (C=O) groups excluding carboxylic acids is 1. The monoisotopic (exact) mass is 402 g/mol. The lowest BCUT2D eigenvalue weighted by molar-refractivity contribution is -0.158. The maximum atomic E-state index is 11.5. The van der Waals surface area contributed by atoms with Crippen LogP contribution in [0.5, 0.6) is 0 Å². The molecule has 4 heteroatoms. The van der Waals surface area contributed by atoms with Crippen LogP contribution in [0, 0.1) is 34.0 Å². The average Bonchev–Trinajstić information content (AvgIpc) is 2.95. The van der Waals surface area contributed by atoms with Gasteiger partial charge in [0.25, 0.3) is 0 Å². The number of carbonyl (C=O) groups is 1. The van der Waals surface area contributed by atoms with Crippen LogP contribution in [-0.4, -0.2) is 28.6 Å². The lowest BCUT2D eigenvalue weighted by atomic mass is 9.39. The minimum Gasteiger partial charge on any atom is -0.429 e. The molecule has 0 unspecified atom stereocenters. The van der Waals surface area contributed by atoms with Gasteiger partial charge < -0.3 is 14.9 Å². The fourth-order valence-corrected chi connectivity index (χ4v) is 8.21. The van der Waals surface area contributed by atoms with Crippen molar-refractivity contribution in [3.8, 4) is 0 Å². The summed E-state index contributed by atoms with van der Waals surface area (Å²) >= 11 is 0. The lowest BCUT2D eigenvalue weighted by Gasteiger charge is -2.66. The van der Waals surface area contributed by atoms with E-state index in [0.717, 1.165) is 18.8 Å². The van der Waals surface area contributed by atoms with Crippen LogP contribution in [0.3, 0.4) is 0 Å². The van der Waals surface area contributed by atoms with Gasteiger partial charge in [0.05, 0.1) is 6.10 Å². The zero-order valence-corrected chi connectivity index (χ0v) is 18.5. The maximum absolute atomic E-state index is 11.5. The number of fused-ring (bicyclic) bond motifs is 3. The highest BCUT2D eigenvalue weighted by molar-refractivity contribution is 5.85. The Labute approximate surface area is 175 Å². The first-order valence-electron chi connectivity index (χ1n) is 11.4. The van der Waals surface area contributed by atoms with Gasteiger partial charge in [-0.25, -0.2) is 4.79 Å². The molecule has 0 aromatic heterocycles. The van der Waals surface area contributed by atoms with Gasteiger partial charge in [-0.3, -0.25) is 0 Å². The molecule has 4 nitrogen and oxygen atoms in total. The molecule has 3 saturated carbocycles. The third-order valence-electron chi connectivity index (χ3n) is 9.52. The zero-order valence-electron chi connectivity index (χ0n) is 18.5. The van der Waals surface area contributed by atoms with E-state index in [-0.39, 0.29) is 11.3 Å². The standard InChI is InChI=1S/C25H38O4/c1-15-7-8-20-24(4,12-9-19-23(2,3)10-6-11-25(19,20)5)17(15)14-18(26)16-13-21(27)29-22(16)28/h13,17-20,22,26,28H,1,6-12,14H2,2-5H3/t17-,18-,19+,20-,22-,24-,25+/m1/s1. The molecule has 7 atom stereocenters. The molecule has 0 aromatic carbocycles. The van der Waals surface area contributed by atoms with Crippen molar-refractivity contribution in [1.82, 2.24) is 0 Å². The SMILES string of the molecule is C=C1CC[C@@H]2[C@](C)(CC[C@H]3C(C)(C)CCC[C@]23C)[C@@H]1C[C@@H](O)C1=CC(=O)O[C@H]1O. The van der Waals surface area contributed by atoms with E-state index in [1.54, 1.807) is 0 Å². The molecule has 162 valence electrons. The number of aliphatic hydroxyl groups is 2. The van der Waals surface area contributed by atoms with Crippen molar-refractivity contribution in [3.63, 3.8) is 0 Å². The van der Waals surface area contributed by atoms with Gasteiger partial charge >= 0.3 is 5.97 Å². The Bertz CT molecular complexity index is 737. The molecule has 4 rings (SSSR count). The van der Waals surface area contributed by atoms with Gasteiger partial charge in [-0.15, -0.1) is 0 Å². The number of aliphatic hydroxyl groups excluding tert-OH is 2. The molecule has 0 saturated heterocycles. The van der Waals surface area contributed by atoms with Gasteiger partial charge in [-0.1, -0.05) is 46.3 Å². The number of esters is 1. The Morgan fingerprint density at radius 3 is 2.52 bits per heavy atom. The molecular weight excluding hydrogens is 364 g/mol. The Morgan fingerprint density at radius 1 is 1.14 bits per heavy atom. The summed E-state index contributed by atoms with van der Waals surface area (Å²) in [6.45, 7) is 14.3. The number of allylic oxidation sites excluding steroid dienone is 1. The number of cyclic esters (lactones) is 1. The average molecular weight is 403 g/mol. The predicted molar refractivity (Wildman–Crippen MR) is 113 cm³/mol. The van der Waals surface area contributed by atoms with E-state index in [2.05, 4.69) is 34.3 Å². The van der Waals surface area contributed by atoms with Crippen LogP contribution in [0.1, 0.15) is 79.1 Å². The normalized spacial score (nSPS) is 45.1. The van der Waals surface area contributed by atoms with Crippen molar-refractivity contribution in [2.24, 2.45) is 34.0 Å².